The van der Waals surface area contributed by atoms with Crippen LogP contribution in [0.3, 0.4) is 0 Å². The third kappa shape index (κ3) is 2.73. The van der Waals surface area contributed by atoms with E-state index >= 15 is 0 Å². The summed E-state index contributed by atoms with van der Waals surface area (Å²) < 4.78 is 0. The first kappa shape index (κ1) is 9.30. The van der Waals surface area contributed by atoms with E-state index in [-0.39, 0.29) is 33.3 Å². The van der Waals surface area contributed by atoms with E-state index in [4.69, 9.17) is 5.11 Å². The van der Waals surface area contributed by atoms with Gasteiger partial charge in [-0.05, 0) is 0 Å². The van der Waals surface area contributed by atoms with Crippen molar-refractivity contribution in [2.75, 3.05) is 0 Å². The fourth-order valence-corrected chi connectivity index (χ4v) is 0.427. The summed E-state index contributed by atoms with van der Waals surface area (Å²) in [5.74, 6) is -0.689. The molecule has 6 heteroatoms. The van der Waals surface area contributed by atoms with Crippen molar-refractivity contribution in [3.8, 4) is 0 Å². The fourth-order valence-electron chi connectivity index (χ4n) is 0.427. The first-order valence-corrected chi connectivity index (χ1v) is 2.30. The van der Waals surface area contributed by atoms with Crippen LogP contribution in [-0.4, -0.2) is 21.2 Å². The van der Waals surface area contributed by atoms with E-state index in [9.17, 15) is 4.79 Å². The smallest absolute Gasteiger partial charge is 0.307 e. The van der Waals surface area contributed by atoms with Gasteiger partial charge in [-0.2, -0.15) is 0 Å². The van der Waals surface area contributed by atoms with E-state index in [1.54, 1.807) is 0 Å². The van der Waals surface area contributed by atoms with Crippen LogP contribution in [0.1, 0.15) is 5.82 Å². The van der Waals surface area contributed by atoms with Crippen molar-refractivity contribution in [2.24, 2.45) is 0 Å². The Kier molecular flexibility index (Phi) is 3.88. The quantitative estimate of drug-likeness (QED) is 0.763. The van der Waals surface area contributed by atoms with Crippen LogP contribution in [-0.2, 0) is 32.3 Å². The molecular formula is C4H4N3O2W-. The van der Waals surface area contributed by atoms with Gasteiger partial charge in [-0.1, -0.05) is 5.82 Å². The molecule has 0 aliphatic rings. The summed E-state index contributed by atoms with van der Waals surface area (Å²) in [6, 6.07) is 0. The van der Waals surface area contributed by atoms with E-state index < -0.39 is 5.97 Å². The largest absolute Gasteiger partial charge is 0.481 e. The third-order valence-electron chi connectivity index (χ3n) is 0.741. The van der Waals surface area contributed by atoms with Crippen LogP contribution in [0.2, 0.25) is 0 Å². The van der Waals surface area contributed by atoms with Gasteiger partial charge in [-0.25, -0.2) is 0 Å². The number of carboxylic acids is 1. The molecule has 1 heterocycles. The molecule has 54 valence electrons. The average Bonchev–Trinajstić information content (AvgIpc) is 2.15. The van der Waals surface area contributed by atoms with E-state index in [1.165, 1.54) is 6.33 Å². The van der Waals surface area contributed by atoms with Gasteiger partial charge in [0.05, 0.1) is 6.42 Å². The number of hydrogen-bond acceptors (Lipinski definition) is 3. The second-order valence-electron chi connectivity index (χ2n) is 1.45. The Balaban J connectivity index is 0.000000810. The Morgan fingerprint density at radius 1 is 1.80 bits per heavy atom. The van der Waals surface area contributed by atoms with E-state index in [0.717, 1.165) is 0 Å². The third-order valence-corrected chi connectivity index (χ3v) is 0.741. The SMILES string of the molecule is O=C(O)Cc1ncn[n-]1.[W]. The van der Waals surface area contributed by atoms with Crippen LogP contribution in [0.4, 0.5) is 0 Å². The van der Waals surface area contributed by atoms with Crippen molar-refractivity contribution in [2.45, 2.75) is 6.42 Å². The van der Waals surface area contributed by atoms with Crippen molar-refractivity contribution in [1.29, 1.82) is 0 Å². The van der Waals surface area contributed by atoms with E-state index in [1.807, 2.05) is 0 Å². The Hall–Kier alpha value is -0.702. The van der Waals surface area contributed by atoms with Gasteiger partial charge in [0.2, 0.25) is 0 Å². The van der Waals surface area contributed by atoms with Gasteiger partial charge in [-0.3, -0.25) is 9.89 Å². The predicted molar refractivity (Wildman–Crippen MR) is 26.7 cm³/mol. The monoisotopic (exact) mass is 310 g/mol. The zero-order chi connectivity index (χ0) is 6.69. The molecule has 1 N–H and O–H groups in total. The number of carboxylic acid groups (broad SMARTS) is 1. The minimum absolute atomic E-state index is 0. The fraction of sp³-hybridized carbons (Fsp3) is 0.250. The van der Waals surface area contributed by atoms with Crippen LogP contribution in [0.5, 0.6) is 0 Å². The summed E-state index contributed by atoms with van der Waals surface area (Å²) in [7, 11) is 0. The summed E-state index contributed by atoms with van der Waals surface area (Å²) in [6.45, 7) is 0. The molecule has 0 spiro atoms. The topological polar surface area (TPSA) is 77.2 Å². The normalized spacial score (nSPS) is 8.40. The average molecular weight is 310 g/mol. The summed E-state index contributed by atoms with van der Waals surface area (Å²) in [6.07, 6.45) is 1.07. The van der Waals surface area contributed by atoms with Crippen LogP contribution >= 0.6 is 0 Å². The number of aliphatic carboxylic acids is 1. The molecule has 0 radical (unpaired) electrons. The molecule has 0 aromatic carbocycles. The van der Waals surface area contributed by atoms with E-state index in [2.05, 4.69) is 15.2 Å². The van der Waals surface area contributed by atoms with Crippen molar-refractivity contribution < 1.29 is 31.0 Å². The van der Waals surface area contributed by atoms with Gasteiger partial charge in [0.15, 0.2) is 0 Å². The minimum Gasteiger partial charge on any atom is -0.481 e. The molecular weight excluding hydrogens is 306 g/mol. The first-order chi connectivity index (χ1) is 4.29. The molecule has 10 heavy (non-hydrogen) atoms. The molecule has 0 bridgehead atoms. The maximum Gasteiger partial charge on any atom is 0.307 e. The van der Waals surface area contributed by atoms with Gasteiger partial charge in [0, 0.05) is 27.4 Å². The van der Waals surface area contributed by atoms with Gasteiger partial charge >= 0.3 is 5.97 Å². The van der Waals surface area contributed by atoms with Gasteiger partial charge in [-0.15, -0.1) is 0 Å². The zero-order valence-corrected chi connectivity index (χ0v) is 7.82. The van der Waals surface area contributed by atoms with Crippen LogP contribution < -0.4 is 5.10 Å². The molecule has 0 aliphatic carbocycles. The molecule has 0 saturated carbocycles. The van der Waals surface area contributed by atoms with Gasteiger partial charge < -0.3 is 15.2 Å². The van der Waals surface area contributed by atoms with Crippen LogP contribution in [0.25, 0.3) is 0 Å². The molecule has 0 amide bonds. The van der Waals surface area contributed by atoms with Crippen molar-refractivity contribution in [3.05, 3.63) is 12.2 Å². The first-order valence-electron chi connectivity index (χ1n) is 2.30. The molecule has 0 saturated heterocycles. The Morgan fingerprint density at radius 3 is 2.90 bits per heavy atom. The Morgan fingerprint density at radius 2 is 2.50 bits per heavy atom. The summed E-state index contributed by atoms with van der Waals surface area (Å²) in [5, 5.41) is 14.9. The van der Waals surface area contributed by atoms with Gasteiger partial charge in [0.1, 0.15) is 0 Å². The number of carbonyl (C=O) groups is 1. The maximum atomic E-state index is 9.96. The molecule has 0 unspecified atom stereocenters. The van der Waals surface area contributed by atoms with E-state index in [0.29, 0.717) is 0 Å². The molecule has 1 rings (SSSR count). The molecule has 1 aromatic rings. The molecule has 5 nitrogen and oxygen atoms in total. The number of rotatable bonds is 2. The summed E-state index contributed by atoms with van der Waals surface area (Å²) in [5.41, 5.74) is 0. The number of aromatic nitrogens is 3. The van der Waals surface area contributed by atoms with Crippen molar-refractivity contribution >= 4 is 5.97 Å². The minimum atomic E-state index is -0.942. The van der Waals surface area contributed by atoms with Crippen molar-refractivity contribution in [3.63, 3.8) is 0 Å². The summed E-state index contributed by atoms with van der Waals surface area (Å²) >= 11 is 0. The Bertz CT molecular complexity index is 198. The van der Waals surface area contributed by atoms with Crippen molar-refractivity contribution in [1.82, 2.24) is 15.2 Å². The molecule has 0 aliphatic heterocycles. The number of hydrogen-bond donors (Lipinski definition) is 1. The van der Waals surface area contributed by atoms with Crippen LogP contribution in [0, 0.1) is 0 Å². The second kappa shape index (κ2) is 4.17. The second-order valence-corrected chi connectivity index (χ2v) is 1.45. The zero-order valence-electron chi connectivity index (χ0n) is 4.89. The maximum absolute atomic E-state index is 9.96. The standard InChI is InChI=1S/C4H5N3O2.W/c8-4(9)1-3-5-2-6-7-3;/h2H,1H2,(H2,5,6,7,8,9);/p-1. The molecule has 0 fully saturated rings. The summed E-state index contributed by atoms with van der Waals surface area (Å²) in [4.78, 5) is 13.5. The predicted octanol–water partition coefficient (Wildman–Crippen LogP) is -0.942. The molecule has 1 aromatic heterocycles. The molecule has 0 atom stereocenters. The van der Waals surface area contributed by atoms with Crippen LogP contribution in [0.15, 0.2) is 6.33 Å². The van der Waals surface area contributed by atoms with Gasteiger partial charge in [0.25, 0.3) is 0 Å². The Labute approximate surface area is 71.1 Å². The number of nitrogens with zero attached hydrogens (tertiary/aromatic N) is 3.